The van der Waals surface area contributed by atoms with Crippen molar-refractivity contribution in [2.24, 2.45) is 0 Å². The van der Waals surface area contributed by atoms with Gasteiger partial charge >= 0.3 is 17.9 Å². The van der Waals surface area contributed by atoms with Gasteiger partial charge in [0, 0.05) is 19.3 Å². The molecular weight excluding hydrogens is 745 g/mol. The summed E-state index contributed by atoms with van der Waals surface area (Å²) in [5.41, 5.74) is 0. The van der Waals surface area contributed by atoms with E-state index in [-0.39, 0.29) is 31.1 Å². The normalized spacial score (nSPS) is 12.7. The van der Waals surface area contributed by atoms with Gasteiger partial charge in [-0.05, 0) is 89.9 Å². The van der Waals surface area contributed by atoms with Gasteiger partial charge in [-0.1, -0.05) is 196 Å². The molecule has 0 bridgehead atoms. The molecule has 6 nitrogen and oxygen atoms in total. The van der Waals surface area contributed by atoms with Crippen molar-refractivity contribution in [1.29, 1.82) is 0 Å². The van der Waals surface area contributed by atoms with Gasteiger partial charge in [0.2, 0.25) is 0 Å². The number of rotatable bonds is 44. The lowest BCUT2D eigenvalue weighted by Gasteiger charge is -2.18. The Kier molecular flexibility index (Phi) is 46.0. The number of hydrogen-bond donors (Lipinski definition) is 0. The van der Waals surface area contributed by atoms with E-state index in [1.54, 1.807) is 0 Å². The number of hydrogen-bond acceptors (Lipinski definition) is 6. The highest BCUT2D eigenvalue weighted by Gasteiger charge is 2.19. The van der Waals surface area contributed by atoms with Crippen molar-refractivity contribution in [3.63, 3.8) is 0 Å². The maximum absolute atomic E-state index is 12.7. The molecule has 0 N–H and O–H groups in total. The van der Waals surface area contributed by atoms with Crippen LogP contribution in [0.25, 0.3) is 0 Å². The number of carbonyl (C=O) groups is 3. The van der Waals surface area contributed by atoms with Crippen LogP contribution in [0, 0.1) is 0 Å². The first-order valence-electron chi connectivity index (χ1n) is 24.9. The van der Waals surface area contributed by atoms with Crippen molar-refractivity contribution in [2.45, 2.75) is 239 Å². The number of ether oxygens (including phenoxy) is 3. The minimum absolute atomic E-state index is 0.0840. The summed E-state index contributed by atoms with van der Waals surface area (Å²) in [6.07, 6.45) is 60.5. The molecule has 0 radical (unpaired) electrons. The van der Waals surface area contributed by atoms with Crippen LogP contribution in [0.3, 0.4) is 0 Å². The molecule has 0 spiro atoms. The van der Waals surface area contributed by atoms with Crippen LogP contribution in [-0.4, -0.2) is 37.2 Å². The Bertz CT molecular complexity index is 1140. The highest BCUT2D eigenvalue weighted by atomic mass is 16.6. The van der Waals surface area contributed by atoms with Crippen LogP contribution in [0.5, 0.6) is 0 Å². The van der Waals surface area contributed by atoms with E-state index in [2.05, 4.69) is 93.7 Å². The second kappa shape index (κ2) is 48.5. The van der Waals surface area contributed by atoms with Crippen molar-refractivity contribution >= 4 is 17.9 Å². The fourth-order valence-electron chi connectivity index (χ4n) is 6.70. The molecule has 0 amide bonds. The SMILES string of the molecule is CC/C=C\C/C=C\C/C=C\C/C=C\CCCCCCCCCCC(=O)OCC(COC(=O)CCCCCCCC)OC(=O)CCCCCCC/C=C\C/C=C\CCCCC. The average Bonchev–Trinajstić information content (AvgIpc) is 3.24. The Labute approximate surface area is 370 Å². The van der Waals surface area contributed by atoms with Gasteiger partial charge in [-0.25, -0.2) is 0 Å². The molecule has 0 aromatic carbocycles. The van der Waals surface area contributed by atoms with E-state index in [0.717, 1.165) is 116 Å². The zero-order chi connectivity index (χ0) is 43.7. The molecule has 0 aliphatic heterocycles. The molecular formula is C54H92O6. The largest absolute Gasteiger partial charge is 0.462 e. The molecule has 0 aliphatic carbocycles. The molecule has 1 unspecified atom stereocenters. The lowest BCUT2D eigenvalue weighted by molar-refractivity contribution is -0.167. The summed E-state index contributed by atoms with van der Waals surface area (Å²) in [7, 11) is 0. The Balaban J connectivity index is 4.24. The molecule has 0 aromatic rings. The first-order valence-corrected chi connectivity index (χ1v) is 24.9. The third kappa shape index (κ3) is 45.9. The zero-order valence-corrected chi connectivity index (χ0v) is 39.2. The average molecular weight is 837 g/mol. The van der Waals surface area contributed by atoms with Crippen molar-refractivity contribution in [2.75, 3.05) is 13.2 Å². The first kappa shape index (κ1) is 56.9. The molecule has 1 atom stereocenters. The van der Waals surface area contributed by atoms with Gasteiger partial charge in [-0.2, -0.15) is 0 Å². The summed E-state index contributed by atoms with van der Waals surface area (Å²) in [6, 6.07) is 0. The van der Waals surface area contributed by atoms with Crippen LogP contribution in [0.1, 0.15) is 233 Å². The van der Waals surface area contributed by atoms with Crippen LogP contribution < -0.4 is 0 Å². The summed E-state index contributed by atoms with van der Waals surface area (Å²) in [4.78, 5) is 37.7. The van der Waals surface area contributed by atoms with E-state index in [4.69, 9.17) is 14.2 Å². The number of allylic oxidation sites excluding steroid dienone is 12. The van der Waals surface area contributed by atoms with E-state index >= 15 is 0 Å². The molecule has 0 aliphatic rings. The van der Waals surface area contributed by atoms with Crippen molar-refractivity contribution < 1.29 is 28.6 Å². The molecule has 0 rings (SSSR count). The molecule has 6 heteroatoms. The summed E-state index contributed by atoms with van der Waals surface area (Å²) >= 11 is 0. The predicted molar refractivity (Wildman–Crippen MR) is 256 cm³/mol. The standard InChI is InChI=1S/C54H92O6/c1-4-7-10-13-16-18-20-22-24-25-26-27-28-29-31-32-34-36-38-41-44-47-53(56)59-50-51(49-58-52(55)46-43-40-15-12-9-6-3)60-54(57)48-45-42-39-37-35-33-30-23-21-19-17-14-11-8-5-2/h7,10,16-19,22-24,26-27,30,51H,4-6,8-9,11-15,20-21,25,28-29,31-50H2,1-3H3/b10-7-,18-16-,19-17-,24-22-,27-26-,30-23-. The van der Waals surface area contributed by atoms with Gasteiger partial charge in [-0.15, -0.1) is 0 Å². The van der Waals surface area contributed by atoms with E-state index in [0.29, 0.717) is 19.3 Å². The minimum Gasteiger partial charge on any atom is -0.462 e. The maximum atomic E-state index is 12.7. The lowest BCUT2D eigenvalue weighted by Crippen LogP contribution is -2.30. The minimum atomic E-state index is -0.782. The monoisotopic (exact) mass is 837 g/mol. The Morgan fingerprint density at radius 2 is 0.650 bits per heavy atom. The fourth-order valence-corrected chi connectivity index (χ4v) is 6.70. The number of carbonyl (C=O) groups excluding carboxylic acids is 3. The molecule has 0 saturated carbocycles. The number of esters is 3. The van der Waals surface area contributed by atoms with Gasteiger partial charge in [0.25, 0.3) is 0 Å². The Hall–Kier alpha value is -3.15. The molecule has 344 valence electrons. The lowest BCUT2D eigenvalue weighted by atomic mass is 10.1. The second-order valence-corrected chi connectivity index (χ2v) is 16.3. The third-order valence-electron chi connectivity index (χ3n) is 10.4. The van der Waals surface area contributed by atoms with E-state index < -0.39 is 6.10 Å². The smallest absolute Gasteiger partial charge is 0.306 e. The summed E-state index contributed by atoms with van der Waals surface area (Å²) < 4.78 is 16.7. The van der Waals surface area contributed by atoms with Crippen LogP contribution in [0.2, 0.25) is 0 Å². The fraction of sp³-hybridized carbons (Fsp3) is 0.722. The van der Waals surface area contributed by atoms with Crippen molar-refractivity contribution in [3.05, 3.63) is 72.9 Å². The topological polar surface area (TPSA) is 78.9 Å². The third-order valence-corrected chi connectivity index (χ3v) is 10.4. The van der Waals surface area contributed by atoms with Gasteiger partial charge in [0.1, 0.15) is 13.2 Å². The van der Waals surface area contributed by atoms with Gasteiger partial charge in [0.15, 0.2) is 6.10 Å². The first-order chi connectivity index (χ1) is 29.5. The van der Waals surface area contributed by atoms with E-state index in [1.807, 2.05) is 0 Å². The highest BCUT2D eigenvalue weighted by molar-refractivity contribution is 5.71. The summed E-state index contributed by atoms with van der Waals surface area (Å²) in [5, 5.41) is 0. The Morgan fingerprint density at radius 3 is 1.05 bits per heavy atom. The van der Waals surface area contributed by atoms with Gasteiger partial charge in [0.05, 0.1) is 0 Å². The maximum Gasteiger partial charge on any atom is 0.306 e. The quantitative estimate of drug-likeness (QED) is 0.0263. The van der Waals surface area contributed by atoms with Crippen LogP contribution in [0.15, 0.2) is 72.9 Å². The Morgan fingerprint density at radius 1 is 0.350 bits per heavy atom. The van der Waals surface area contributed by atoms with Crippen molar-refractivity contribution in [3.8, 4) is 0 Å². The second-order valence-electron chi connectivity index (χ2n) is 16.3. The van der Waals surface area contributed by atoms with Crippen LogP contribution in [-0.2, 0) is 28.6 Å². The van der Waals surface area contributed by atoms with Crippen LogP contribution in [0.4, 0.5) is 0 Å². The predicted octanol–water partition coefficient (Wildman–Crippen LogP) is 16.3. The van der Waals surface area contributed by atoms with E-state index in [1.165, 1.54) is 77.0 Å². The zero-order valence-electron chi connectivity index (χ0n) is 39.2. The van der Waals surface area contributed by atoms with Crippen molar-refractivity contribution in [1.82, 2.24) is 0 Å². The number of unbranched alkanes of at least 4 members (excludes halogenated alkanes) is 21. The van der Waals surface area contributed by atoms with Gasteiger partial charge < -0.3 is 14.2 Å². The van der Waals surface area contributed by atoms with Gasteiger partial charge in [-0.3, -0.25) is 14.4 Å². The molecule has 0 heterocycles. The summed E-state index contributed by atoms with van der Waals surface area (Å²) in [6.45, 7) is 6.41. The van der Waals surface area contributed by atoms with E-state index in [9.17, 15) is 14.4 Å². The molecule has 0 aromatic heterocycles. The van der Waals surface area contributed by atoms with Crippen LogP contribution >= 0.6 is 0 Å². The summed E-state index contributed by atoms with van der Waals surface area (Å²) in [5.74, 6) is -0.917. The molecule has 0 saturated heterocycles. The highest BCUT2D eigenvalue weighted by Crippen LogP contribution is 2.14. The molecule has 60 heavy (non-hydrogen) atoms. The molecule has 0 fully saturated rings.